The first-order chi connectivity index (χ1) is 6.20. The highest BCUT2D eigenvalue weighted by Crippen LogP contribution is 2.34. The molecular formula is C10H13NS2. The van der Waals surface area contributed by atoms with E-state index in [0.717, 1.165) is 6.42 Å². The predicted molar refractivity (Wildman–Crippen MR) is 59.5 cm³/mol. The molecule has 1 aromatic rings. The highest BCUT2D eigenvalue weighted by molar-refractivity contribution is 8.00. The van der Waals surface area contributed by atoms with Gasteiger partial charge in [0, 0.05) is 11.3 Å². The van der Waals surface area contributed by atoms with Gasteiger partial charge < -0.3 is 0 Å². The number of thioether (sulfide) groups is 1. The minimum Gasteiger partial charge on any atom is -0.198 e. The predicted octanol–water partition coefficient (Wildman–Crippen LogP) is 3.54. The first-order valence-corrected chi connectivity index (χ1v) is 6.24. The highest BCUT2D eigenvalue weighted by atomic mass is 32.2. The normalized spacial score (nSPS) is 10.0. The van der Waals surface area contributed by atoms with Crippen LogP contribution in [-0.4, -0.2) is 6.26 Å². The lowest BCUT2D eigenvalue weighted by Crippen LogP contribution is -1.82. The Bertz CT molecular complexity index is 333. The van der Waals surface area contributed by atoms with Crippen molar-refractivity contribution < 1.29 is 0 Å². The average molecular weight is 211 g/mol. The summed E-state index contributed by atoms with van der Waals surface area (Å²) < 4.78 is 1.39. The fourth-order valence-electron chi connectivity index (χ4n) is 1.23. The van der Waals surface area contributed by atoms with Crippen LogP contribution in [-0.2, 0) is 6.42 Å². The van der Waals surface area contributed by atoms with Crippen molar-refractivity contribution in [3.05, 3.63) is 16.0 Å². The summed E-state index contributed by atoms with van der Waals surface area (Å²) in [6.45, 7) is 4.31. The number of hydrogen-bond acceptors (Lipinski definition) is 3. The molecular weight excluding hydrogens is 198 g/mol. The zero-order chi connectivity index (χ0) is 9.84. The Balaban J connectivity index is 2.90. The van der Waals surface area contributed by atoms with Crippen LogP contribution in [0.2, 0.25) is 0 Å². The van der Waals surface area contributed by atoms with Gasteiger partial charge in [-0.1, -0.05) is 0 Å². The van der Waals surface area contributed by atoms with E-state index in [1.54, 1.807) is 11.8 Å². The van der Waals surface area contributed by atoms with E-state index in [-0.39, 0.29) is 0 Å². The largest absolute Gasteiger partial charge is 0.198 e. The van der Waals surface area contributed by atoms with Gasteiger partial charge >= 0.3 is 0 Å². The Labute approximate surface area is 87.8 Å². The van der Waals surface area contributed by atoms with Crippen molar-refractivity contribution in [1.29, 1.82) is 5.26 Å². The lowest BCUT2D eigenvalue weighted by Gasteiger charge is -1.94. The molecule has 0 radical (unpaired) electrons. The Hall–Kier alpha value is -0.460. The van der Waals surface area contributed by atoms with Crippen molar-refractivity contribution in [2.24, 2.45) is 0 Å². The molecule has 0 bridgehead atoms. The molecule has 1 rings (SSSR count). The van der Waals surface area contributed by atoms with Crippen molar-refractivity contribution in [3.8, 4) is 6.07 Å². The molecule has 0 saturated carbocycles. The van der Waals surface area contributed by atoms with E-state index in [4.69, 9.17) is 5.26 Å². The lowest BCUT2D eigenvalue weighted by atomic mass is 10.1. The molecule has 1 aromatic heterocycles. The van der Waals surface area contributed by atoms with Gasteiger partial charge in [0.25, 0.3) is 0 Å². The Morgan fingerprint density at radius 2 is 2.08 bits per heavy atom. The van der Waals surface area contributed by atoms with Crippen LogP contribution in [0.4, 0.5) is 0 Å². The zero-order valence-electron chi connectivity index (χ0n) is 8.18. The van der Waals surface area contributed by atoms with Gasteiger partial charge in [-0.25, -0.2) is 0 Å². The lowest BCUT2D eigenvalue weighted by molar-refractivity contribution is 1.02. The summed E-state index contributed by atoms with van der Waals surface area (Å²) in [6, 6.07) is 2.19. The smallest absolute Gasteiger partial charge is 0.0630 e. The summed E-state index contributed by atoms with van der Waals surface area (Å²) in [5.74, 6) is 0. The molecule has 1 nitrogen and oxygen atoms in total. The summed E-state index contributed by atoms with van der Waals surface area (Å²) in [5.41, 5.74) is 2.77. The van der Waals surface area contributed by atoms with Crippen LogP contribution in [0.3, 0.4) is 0 Å². The van der Waals surface area contributed by atoms with Gasteiger partial charge in [0.1, 0.15) is 0 Å². The molecule has 0 fully saturated rings. The van der Waals surface area contributed by atoms with E-state index in [1.807, 2.05) is 11.3 Å². The van der Waals surface area contributed by atoms with E-state index in [2.05, 4.69) is 26.2 Å². The summed E-state index contributed by atoms with van der Waals surface area (Å²) in [6.07, 6.45) is 3.65. The van der Waals surface area contributed by atoms with Gasteiger partial charge in [0.2, 0.25) is 0 Å². The number of rotatable bonds is 3. The fraction of sp³-hybridized carbons (Fsp3) is 0.500. The maximum atomic E-state index is 8.50. The van der Waals surface area contributed by atoms with Gasteiger partial charge in [0.15, 0.2) is 0 Å². The van der Waals surface area contributed by atoms with Crippen molar-refractivity contribution >= 4 is 23.1 Å². The van der Waals surface area contributed by atoms with Crippen LogP contribution < -0.4 is 0 Å². The Morgan fingerprint density at radius 3 is 2.54 bits per heavy atom. The van der Waals surface area contributed by atoms with E-state index >= 15 is 0 Å². The number of thiophene rings is 1. The third-order valence-electron chi connectivity index (χ3n) is 2.15. The molecule has 0 amide bonds. The van der Waals surface area contributed by atoms with Gasteiger partial charge in [-0.15, -0.1) is 23.1 Å². The summed E-state index contributed by atoms with van der Waals surface area (Å²) in [4.78, 5) is 1.38. The van der Waals surface area contributed by atoms with Crippen molar-refractivity contribution in [2.45, 2.75) is 30.9 Å². The SMILES string of the molecule is CSc1sc(CCC#N)c(C)c1C. The van der Waals surface area contributed by atoms with Crippen molar-refractivity contribution in [3.63, 3.8) is 0 Å². The highest BCUT2D eigenvalue weighted by Gasteiger charge is 2.09. The van der Waals surface area contributed by atoms with E-state index < -0.39 is 0 Å². The third-order valence-corrected chi connectivity index (χ3v) is 4.83. The van der Waals surface area contributed by atoms with E-state index in [9.17, 15) is 0 Å². The molecule has 0 saturated heterocycles. The quantitative estimate of drug-likeness (QED) is 0.714. The van der Waals surface area contributed by atoms with Gasteiger partial charge in [-0.3, -0.25) is 0 Å². The van der Waals surface area contributed by atoms with Crippen molar-refractivity contribution in [2.75, 3.05) is 6.26 Å². The maximum absolute atomic E-state index is 8.50. The van der Waals surface area contributed by atoms with Crippen LogP contribution in [0, 0.1) is 25.2 Å². The summed E-state index contributed by atoms with van der Waals surface area (Å²) in [7, 11) is 0. The van der Waals surface area contributed by atoms with E-state index in [1.165, 1.54) is 20.2 Å². The number of hydrogen-bond donors (Lipinski definition) is 0. The molecule has 0 N–H and O–H groups in total. The maximum Gasteiger partial charge on any atom is 0.0630 e. The summed E-state index contributed by atoms with van der Waals surface area (Å²) >= 11 is 3.64. The monoisotopic (exact) mass is 211 g/mol. The Morgan fingerprint density at radius 1 is 1.38 bits per heavy atom. The zero-order valence-corrected chi connectivity index (χ0v) is 9.81. The Kier molecular flexibility index (Phi) is 3.83. The molecule has 3 heteroatoms. The average Bonchev–Trinajstić information content (AvgIpc) is 2.41. The number of nitriles is 1. The van der Waals surface area contributed by atoms with Crippen LogP contribution in [0.5, 0.6) is 0 Å². The molecule has 70 valence electrons. The fourth-order valence-corrected chi connectivity index (χ4v) is 3.36. The number of aryl methyl sites for hydroxylation is 1. The second-order valence-electron chi connectivity index (χ2n) is 2.92. The summed E-state index contributed by atoms with van der Waals surface area (Å²) in [5, 5.41) is 8.50. The topological polar surface area (TPSA) is 23.8 Å². The third kappa shape index (κ3) is 2.26. The standard InChI is InChI=1S/C10H13NS2/c1-7-8(2)10(12-3)13-9(7)5-4-6-11/h4-5H2,1-3H3. The minimum absolute atomic E-state index is 0.634. The van der Waals surface area contributed by atoms with Crippen LogP contribution in [0.25, 0.3) is 0 Å². The molecule has 0 aliphatic rings. The van der Waals surface area contributed by atoms with Crippen LogP contribution in [0.1, 0.15) is 22.4 Å². The molecule has 1 heterocycles. The minimum atomic E-state index is 0.634. The van der Waals surface area contributed by atoms with Crippen LogP contribution >= 0.6 is 23.1 Å². The molecule has 0 aliphatic carbocycles. The molecule has 0 spiro atoms. The molecule has 0 atom stereocenters. The van der Waals surface area contributed by atoms with E-state index in [0.29, 0.717) is 6.42 Å². The first-order valence-electron chi connectivity index (χ1n) is 4.20. The second kappa shape index (κ2) is 4.69. The van der Waals surface area contributed by atoms with Gasteiger partial charge in [0.05, 0.1) is 10.3 Å². The van der Waals surface area contributed by atoms with Gasteiger partial charge in [-0.05, 0) is 37.7 Å². The van der Waals surface area contributed by atoms with Gasteiger partial charge in [-0.2, -0.15) is 5.26 Å². The second-order valence-corrected chi connectivity index (χ2v) is 5.11. The number of nitrogens with zero attached hydrogens (tertiary/aromatic N) is 1. The first kappa shape index (κ1) is 10.6. The molecule has 0 aliphatic heterocycles. The van der Waals surface area contributed by atoms with Crippen LogP contribution in [0.15, 0.2) is 4.21 Å². The van der Waals surface area contributed by atoms with Crippen molar-refractivity contribution in [1.82, 2.24) is 0 Å². The molecule has 0 aromatic carbocycles. The molecule has 13 heavy (non-hydrogen) atoms. The molecule has 0 unspecified atom stereocenters.